The van der Waals surface area contributed by atoms with E-state index in [9.17, 15) is 9.59 Å². The molecule has 202 valence electrons. The third-order valence-electron chi connectivity index (χ3n) is 6.90. The molecule has 0 saturated heterocycles. The van der Waals surface area contributed by atoms with Crippen molar-refractivity contribution < 1.29 is 14.3 Å². The summed E-state index contributed by atoms with van der Waals surface area (Å²) in [6.07, 6.45) is 8.07. The van der Waals surface area contributed by atoms with E-state index < -0.39 is 0 Å². The second-order valence-corrected chi connectivity index (χ2v) is 11.3. The predicted molar refractivity (Wildman–Crippen MR) is 153 cm³/mol. The van der Waals surface area contributed by atoms with Gasteiger partial charge in [-0.15, -0.1) is 0 Å². The number of Topliss-reactive ketones (excluding diaryl/α,β-unsaturated/α-hetero) is 1. The number of hydrogen-bond donors (Lipinski definition) is 2. The second kappa shape index (κ2) is 11.3. The van der Waals surface area contributed by atoms with Gasteiger partial charge in [0.15, 0.2) is 5.78 Å². The third-order valence-corrected chi connectivity index (χ3v) is 6.90. The number of carbonyl (C=O) groups is 2. The number of ether oxygens (including phenoxy) is 1. The van der Waals surface area contributed by atoms with Crippen LogP contribution in [0.3, 0.4) is 0 Å². The number of ketones is 1. The Kier molecular flexibility index (Phi) is 7.63. The van der Waals surface area contributed by atoms with E-state index in [4.69, 9.17) is 4.74 Å². The van der Waals surface area contributed by atoms with E-state index in [1.807, 2.05) is 74.0 Å². The number of aromatic nitrogens is 3. The summed E-state index contributed by atoms with van der Waals surface area (Å²) in [6.45, 7) is 6.52. The van der Waals surface area contributed by atoms with Crippen molar-refractivity contribution in [2.45, 2.75) is 65.5 Å². The van der Waals surface area contributed by atoms with Crippen LogP contribution < -0.4 is 15.4 Å². The fourth-order valence-corrected chi connectivity index (χ4v) is 5.04. The molecule has 2 N–H and O–H groups in total. The Morgan fingerprint density at radius 3 is 2.41 bits per heavy atom. The smallest absolute Gasteiger partial charge is 0.324 e. The number of hydrogen-bond acceptors (Lipinski definition) is 5. The van der Waals surface area contributed by atoms with E-state index in [1.54, 1.807) is 18.5 Å². The van der Waals surface area contributed by atoms with Crippen LogP contribution in [0.5, 0.6) is 5.75 Å². The molecule has 2 aromatic carbocycles. The van der Waals surface area contributed by atoms with Crippen LogP contribution in [0.4, 0.5) is 16.3 Å². The normalized spacial score (nSPS) is 13.9. The Hall–Kier alpha value is -4.20. The molecule has 0 spiro atoms. The zero-order chi connectivity index (χ0) is 27.4. The van der Waals surface area contributed by atoms with Gasteiger partial charge in [0, 0.05) is 35.7 Å². The van der Waals surface area contributed by atoms with Gasteiger partial charge in [0.25, 0.3) is 0 Å². The maximum atomic E-state index is 13.2. The molecule has 1 saturated carbocycles. The van der Waals surface area contributed by atoms with Gasteiger partial charge < -0.3 is 10.1 Å². The summed E-state index contributed by atoms with van der Waals surface area (Å²) in [4.78, 5) is 30.2. The van der Waals surface area contributed by atoms with Crippen molar-refractivity contribution in [1.82, 2.24) is 14.8 Å². The molecule has 4 aromatic rings. The van der Waals surface area contributed by atoms with Crippen LogP contribution in [0.2, 0.25) is 0 Å². The summed E-state index contributed by atoms with van der Waals surface area (Å²) >= 11 is 0. The number of nitrogens with zero attached hydrogens (tertiary/aromatic N) is 3. The number of fused-ring (bicyclic) bond motifs is 1. The highest BCUT2D eigenvalue weighted by atomic mass is 16.5. The van der Waals surface area contributed by atoms with Gasteiger partial charge >= 0.3 is 6.03 Å². The highest BCUT2D eigenvalue weighted by Crippen LogP contribution is 2.34. The van der Waals surface area contributed by atoms with Crippen molar-refractivity contribution in [3.8, 4) is 5.75 Å². The Labute approximate surface area is 228 Å². The molecule has 2 heterocycles. The average molecular weight is 526 g/mol. The van der Waals surface area contributed by atoms with Crippen LogP contribution in [-0.2, 0) is 6.61 Å². The van der Waals surface area contributed by atoms with Crippen molar-refractivity contribution in [3.05, 3.63) is 78.2 Å². The van der Waals surface area contributed by atoms with Gasteiger partial charge in [-0.1, -0.05) is 57.9 Å². The first-order valence-electron chi connectivity index (χ1n) is 13.5. The number of anilines is 2. The lowest BCUT2D eigenvalue weighted by Crippen LogP contribution is -2.22. The van der Waals surface area contributed by atoms with E-state index in [0.29, 0.717) is 30.2 Å². The van der Waals surface area contributed by atoms with E-state index in [1.165, 1.54) is 0 Å². The van der Waals surface area contributed by atoms with Crippen LogP contribution >= 0.6 is 0 Å². The second-order valence-electron chi connectivity index (χ2n) is 11.3. The number of benzene rings is 2. The first-order chi connectivity index (χ1) is 18.8. The van der Waals surface area contributed by atoms with Gasteiger partial charge in [0.05, 0.1) is 11.7 Å². The molecule has 1 aliphatic carbocycles. The zero-order valence-electron chi connectivity index (χ0n) is 22.7. The summed E-state index contributed by atoms with van der Waals surface area (Å²) in [6, 6.07) is 16.8. The van der Waals surface area contributed by atoms with Gasteiger partial charge in [0.2, 0.25) is 0 Å². The van der Waals surface area contributed by atoms with Crippen molar-refractivity contribution in [1.29, 1.82) is 0 Å². The molecule has 1 fully saturated rings. The Bertz CT molecular complexity index is 1470. The zero-order valence-corrected chi connectivity index (χ0v) is 22.7. The molecule has 2 aromatic heterocycles. The molecule has 0 radical (unpaired) electrons. The highest BCUT2D eigenvalue weighted by Gasteiger charge is 2.26. The minimum atomic E-state index is -0.389. The summed E-state index contributed by atoms with van der Waals surface area (Å²) < 4.78 is 7.92. The molecule has 2 amide bonds. The molecule has 39 heavy (non-hydrogen) atoms. The molecule has 0 bridgehead atoms. The molecule has 0 aliphatic heterocycles. The minimum absolute atomic E-state index is 0.0175. The van der Waals surface area contributed by atoms with Crippen molar-refractivity contribution in [2.24, 2.45) is 5.41 Å². The number of carbonyl (C=O) groups excluding carboxylic acids is 2. The number of nitrogens with one attached hydrogen (secondary N) is 2. The summed E-state index contributed by atoms with van der Waals surface area (Å²) in [5, 5.41) is 12.4. The molecular weight excluding hydrogens is 490 g/mol. The third kappa shape index (κ3) is 6.45. The predicted octanol–water partition coefficient (Wildman–Crippen LogP) is 7.39. The van der Waals surface area contributed by atoms with Crippen molar-refractivity contribution in [2.75, 3.05) is 10.6 Å². The van der Waals surface area contributed by atoms with Crippen LogP contribution in [0.1, 0.15) is 75.0 Å². The maximum Gasteiger partial charge on any atom is 0.324 e. The fraction of sp³-hybridized carbons (Fsp3) is 0.355. The molecule has 8 nitrogen and oxygen atoms in total. The molecule has 0 unspecified atom stereocenters. The first kappa shape index (κ1) is 26.4. The summed E-state index contributed by atoms with van der Waals surface area (Å²) in [5.41, 5.74) is 1.94. The van der Waals surface area contributed by atoms with E-state index >= 15 is 0 Å². The van der Waals surface area contributed by atoms with Crippen LogP contribution in [0.15, 0.2) is 67.0 Å². The first-order valence-corrected chi connectivity index (χ1v) is 13.5. The number of rotatable bonds is 8. The molecule has 1 aliphatic rings. The van der Waals surface area contributed by atoms with Gasteiger partial charge in [-0.3, -0.25) is 15.1 Å². The van der Waals surface area contributed by atoms with Crippen molar-refractivity contribution in [3.63, 3.8) is 0 Å². The van der Waals surface area contributed by atoms with E-state index in [0.717, 1.165) is 47.8 Å². The lowest BCUT2D eigenvalue weighted by Gasteiger charge is -2.16. The number of amides is 2. The number of urea groups is 1. The van der Waals surface area contributed by atoms with Crippen LogP contribution in [-0.4, -0.2) is 26.6 Å². The average Bonchev–Trinajstić information content (AvgIpc) is 3.58. The largest absolute Gasteiger partial charge is 0.488 e. The lowest BCUT2D eigenvalue weighted by atomic mass is 9.89. The van der Waals surface area contributed by atoms with Gasteiger partial charge in [0.1, 0.15) is 23.9 Å². The monoisotopic (exact) mass is 525 g/mol. The molecule has 8 heteroatoms. The topological polar surface area (TPSA) is 98.1 Å². The lowest BCUT2D eigenvalue weighted by molar-refractivity contribution is 0.0933. The minimum Gasteiger partial charge on any atom is -0.488 e. The molecule has 5 rings (SSSR count). The quantitative estimate of drug-likeness (QED) is 0.234. The summed E-state index contributed by atoms with van der Waals surface area (Å²) in [7, 11) is 0. The van der Waals surface area contributed by atoms with Gasteiger partial charge in [-0.25, -0.2) is 9.48 Å². The molecule has 0 atom stereocenters. The van der Waals surface area contributed by atoms with E-state index in [-0.39, 0.29) is 23.3 Å². The van der Waals surface area contributed by atoms with Crippen LogP contribution in [0.25, 0.3) is 10.8 Å². The van der Waals surface area contributed by atoms with Gasteiger partial charge in [-0.05, 0) is 48.1 Å². The fourth-order valence-electron chi connectivity index (χ4n) is 5.04. The van der Waals surface area contributed by atoms with Gasteiger partial charge in [-0.2, -0.15) is 5.10 Å². The Morgan fingerprint density at radius 2 is 1.69 bits per heavy atom. The molecular formula is C31H35N5O3. The standard InChI is InChI=1S/C31H35N5O3/c1-31(2,3)19-27(37)26-18-29(36(35-26)22-8-4-5-9-22)34-30(38)33-25-12-13-28(24-11-7-6-10-23(24)25)39-20-21-14-16-32-17-15-21/h6-7,10-18,22H,4-5,8-9,19-20H2,1-3H3,(H2,33,34,38). The van der Waals surface area contributed by atoms with E-state index in [2.05, 4.69) is 20.7 Å². The SMILES string of the molecule is CC(C)(C)CC(=O)c1cc(NC(=O)Nc2ccc(OCc3ccncc3)c3ccccc23)n(C2CCCC2)n1. The Balaban J connectivity index is 1.35. The maximum absolute atomic E-state index is 13.2. The van der Waals surface area contributed by atoms with Crippen molar-refractivity contribution >= 4 is 34.1 Å². The number of pyridine rings is 1. The highest BCUT2D eigenvalue weighted by molar-refractivity contribution is 6.07. The van der Waals surface area contributed by atoms with Crippen LogP contribution in [0, 0.1) is 5.41 Å². The summed E-state index contributed by atoms with van der Waals surface area (Å²) in [5.74, 6) is 1.25. The Morgan fingerprint density at radius 1 is 0.974 bits per heavy atom.